The van der Waals surface area contributed by atoms with Crippen molar-refractivity contribution in [3.8, 4) is 0 Å². The van der Waals surface area contributed by atoms with E-state index in [9.17, 15) is 14.4 Å². The normalized spacial score (nSPS) is 10.2. The molecule has 0 aromatic heterocycles. The first kappa shape index (κ1) is 16.5. The maximum atomic E-state index is 11.9. The number of carboxylic acid groups (broad SMARTS) is 1. The number of carboxylic acids is 1. The zero-order chi connectivity index (χ0) is 16.0. The Balaban J connectivity index is 2.75. The van der Waals surface area contributed by atoms with Gasteiger partial charge in [0, 0.05) is 5.69 Å². The van der Waals surface area contributed by atoms with Gasteiger partial charge in [0.15, 0.2) is 0 Å². The summed E-state index contributed by atoms with van der Waals surface area (Å²) < 4.78 is 0. The molecule has 0 spiro atoms. The van der Waals surface area contributed by atoms with Gasteiger partial charge in [-0.05, 0) is 23.6 Å². The second kappa shape index (κ2) is 7.28. The number of benzene rings is 1. The highest BCUT2D eigenvalue weighted by molar-refractivity contribution is 5.93. The van der Waals surface area contributed by atoms with Gasteiger partial charge in [0.2, 0.25) is 5.91 Å². The van der Waals surface area contributed by atoms with Gasteiger partial charge in [0.25, 0.3) is 0 Å². The minimum atomic E-state index is -1.22. The van der Waals surface area contributed by atoms with Gasteiger partial charge in [-0.1, -0.05) is 26.0 Å². The summed E-state index contributed by atoms with van der Waals surface area (Å²) in [4.78, 5) is 34.3. The number of hydrogen-bond donors (Lipinski definition) is 3. The van der Waals surface area contributed by atoms with Gasteiger partial charge in [0.05, 0.1) is 0 Å². The molecule has 0 bridgehead atoms. The first-order chi connectivity index (χ1) is 9.79. The highest BCUT2D eigenvalue weighted by Gasteiger charge is 2.18. The Bertz CT molecular complexity index is 510. The molecule has 114 valence electrons. The number of nitrogens with two attached hydrogens (primary N) is 1. The maximum absolute atomic E-state index is 11.9. The Labute approximate surface area is 122 Å². The van der Waals surface area contributed by atoms with E-state index in [1.165, 1.54) is 0 Å². The van der Waals surface area contributed by atoms with E-state index < -0.39 is 31.0 Å². The number of carbonyl (C=O) groups excluding carboxylic acids is 2. The molecule has 0 saturated heterocycles. The number of urea groups is 1. The third-order valence-corrected chi connectivity index (χ3v) is 2.79. The maximum Gasteiger partial charge on any atom is 0.323 e. The van der Waals surface area contributed by atoms with Crippen LogP contribution < -0.4 is 11.1 Å². The number of amides is 3. The van der Waals surface area contributed by atoms with Crippen molar-refractivity contribution >= 4 is 23.6 Å². The van der Waals surface area contributed by atoms with Crippen LogP contribution >= 0.6 is 0 Å². The molecular formula is C14H19N3O4. The van der Waals surface area contributed by atoms with E-state index in [4.69, 9.17) is 10.8 Å². The zero-order valence-corrected chi connectivity index (χ0v) is 12.0. The van der Waals surface area contributed by atoms with Crippen LogP contribution in [0.25, 0.3) is 0 Å². The van der Waals surface area contributed by atoms with Crippen LogP contribution in [0.5, 0.6) is 0 Å². The fraction of sp³-hybridized carbons (Fsp3) is 0.357. The lowest BCUT2D eigenvalue weighted by molar-refractivity contribution is -0.137. The lowest BCUT2D eigenvalue weighted by Gasteiger charge is -2.19. The van der Waals surface area contributed by atoms with Crippen LogP contribution in [-0.2, 0) is 9.59 Å². The second-order valence-electron chi connectivity index (χ2n) is 4.92. The topological polar surface area (TPSA) is 113 Å². The molecule has 7 nitrogen and oxygen atoms in total. The lowest BCUT2D eigenvalue weighted by atomic mass is 10.0. The first-order valence-electron chi connectivity index (χ1n) is 6.45. The fourth-order valence-corrected chi connectivity index (χ4v) is 1.70. The highest BCUT2D eigenvalue weighted by atomic mass is 16.4. The molecule has 0 aliphatic heterocycles. The summed E-state index contributed by atoms with van der Waals surface area (Å²) in [5.41, 5.74) is 6.64. The van der Waals surface area contributed by atoms with Crippen LogP contribution in [-0.4, -0.2) is 41.0 Å². The van der Waals surface area contributed by atoms with Crippen molar-refractivity contribution in [2.75, 3.05) is 18.4 Å². The van der Waals surface area contributed by atoms with Crippen LogP contribution in [0.2, 0.25) is 0 Å². The number of aliphatic carboxylic acids is 1. The molecule has 0 atom stereocenters. The van der Waals surface area contributed by atoms with Gasteiger partial charge in [-0.25, -0.2) is 4.79 Å². The molecule has 0 aliphatic carbocycles. The molecular weight excluding hydrogens is 274 g/mol. The van der Waals surface area contributed by atoms with Crippen molar-refractivity contribution in [3.63, 3.8) is 0 Å². The molecule has 1 aromatic rings. The van der Waals surface area contributed by atoms with Crippen LogP contribution in [0.15, 0.2) is 24.3 Å². The number of nitrogens with zero attached hydrogens (tertiary/aromatic N) is 1. The SMILES string of the molecule is CC(C)c1ccc(NC(=O)N(CC(N)=O)CC(=O)O)cc1. The van der Waals surface area contributed by atoms with Crippen molar-refractivity contribution in [1.29, 1.82) is 0 Å². The predicted octanol–water partition coefficient (Wildman–Crippen LogP) is 1.21. The number of primary amides is 1. The minimum absolute atomic E-state index is 0.369. The van der Waals surface area contributed by atoms with E-state index in [1.807, 2.05) is 12.1 Å². The summed E-state index contributed by atoms with van der Waals surface area (Å²) in [6.07, 6.45) is 0. The molecule has 0 radical (unpaired) electrons. The molecule has 7 heteroatoms. The molecule has 21 heavy (non-hydrogen) atoms. The van der Waals surface area contributed by atoms with Gasteiger partial charge in [-0.2, -0.15) is 0 Å². The van der Waals surface area contributed by atoms with Gasteiger partial charge in [0.1, 0.15) is 13.1 Å². The quantitative estimate of drug-likeness (QED) is 0.731. The Morgan fingerprint density at radius 3 is 2.19 bits per heavy atom. The molecule has 3 amide bonds. The molecule has 0 fully saturated rings. The molecule has 0 heterocycles. The number of carbonyl (C=O) groups is 3. The van der Waals surface area contributed by atoms with Gasteiger partial charge in [-0.15, -0.1) is 0 Å². The standard InChI is InChI=1S/C14H19N3O4/c1-9(2)10-3-5-11(6-4-10)16-14(21)17(7-12(15)18)8-13(19)20/h3-6,9H,7-8H2,1-2H3,(H2,15,18)(H,16,21)(H,19,20). The number of hydrogen-bond acceptors (Lipinski definition) is 3. The van der Waals surface area contributed by atoms with Crippen molar-refractivity contribution in [2.24, 2.45) is 5.73 Å². The molecule has 4 N–H and O–H groups in total. The fourth-order valence-electron chi connectivity index (χ4n) is 1.70. The summed E-state index contributed by atoms with van der Waals surface area (Å²) in [7, 11) is 0. The minimum Gasteiger partial charge on any atom is -0.480 e. The number of anilines is 1. The molecule has 0 saturated carbocycles. The summed E-state index contributed by atoms with van der Waals surface area (Å²) >= 11 is 0. The van der Waals surface area contributed by atoms with E-state index in [1.54, 1.807) is 12.1 Å². The van der Waals surface area contributed by atoms with E-state index >= 15 is 0 Å². The Kier molecular flexibility index (Phi) is 5.71. The van der Waals surface area contributed by atoms with Crippen molar-refractivity contribution in [3.05, 3.63) is 29.8 Å². The van der Waals surface area contributed by atoms with Crippen LogP contribution in [0, 0.1) is 0 Å². The molecule has 0 unspecified atom stereocenters. The predicted molar refractivity (Wildman–Crippen MR) is 78.0 cm³/mol. The number of rotatable bonds is 6. The van der Waals surface area contributed by atoms with E-state index in [0.717, 1.165) is 10.5 Å². The monoisotopic (exact) mass is 293 g/mol. The summed E-state index contributed by atoms with van der Waals surface area (Å²) in [6.45, 7) is 3.05. The molecule has 1 aromatic carbocycles. The Hall–Kier alpha value is -2.57. The van der Waals surface area contributed by atoms with Crippen LogP contribution in [0.1, 0.15) is 25.3 Å². The summed E-state index contributed by atoms with van der Waals surface area (Å²) in [5.74, 6) is -1.63. The average molecular weight is 293 g/mol. The Morgan fingerprint density at radius 1 is 1.19 bits per heavy atom. The zero-order valence-electron chi connectivity index (χ0n) is 12.0. The van der Waals surface area contributed by atoms with E-state index in [0.29, 0.717) is 11.6 Å². The highest BCUT2D eigenvalue weighted by Crippen LogP contribution is 2.17. The number of nitrogens with one attached hydrogen (secondary N) is 1. The van der Waals surface area contributed by atoms with Gasteiger partial charge >= 0.3 is 12.0 Å². The molecule has 1 rings (SSSR count). The lowest BCUT2D eigenvalue weighted by Crippen LogP contribution is -2.43. The average Bonchev–Trinajstić information content (AvgIpc) is 2.37. The van der Waals surface area contributed by atoms with Crippen molar-refractivity contribution < 1.29 is 19.5 Å². The summed E-state index contributed by atoms with van der Waals surface area (Å²) in [5, 5.41) is 11.3. The van der Waals surface area contributed by atoms with Crippen LogP contribution in [0.3, 0.4) is 0 Å². The first-order valence-corrected chi connectivity index (χ1v) is 6.45. The molecule has 0 aliphatic rings. The van der Waals surface area contributed by atoms with Gasteiger partial charge < -0.3 is 21.1 Å². The van der Waals surface area contributed by atoms with Gasteiger partial charge in [-0.3, -0.25) is 9.59 Å². The smallest absolute Gasteiger partial charge is 0.323 e. The third kappa shape index (κ3) is 5.52. The van der Waals surface area contributed by atoms with Crippen molar-refractivity contribution in [1.82, 2.24) is 4.90 Å². The summed E-state index contributed by atoms with van der Waals surface area (Å²) in [6, 6.07) is 6.49. The second-order valence-corrected chi connectivity index (χ2v) is 4.92. The van der Waals surface area contributed by atoms with E-state index in [2.05, 4.69) is 19.2 Å². The largest absolute Gasteiger partial charge is 0.480 e. The van der Waals surface area contributed by atoms with Crippen LogP contribution in [0.4, 0.5) is 10.5 Å². The van der Waals surface area contributed by atoms with Crippen molar-refractivity contribution in [2.45, 2.75) is 19.8 Å². The third-order valence-electron chi connectivity index (χ3n) is 2.79. The Morgan fingerprint density at radius 2 is 1.76 bits per heavy atom. The van der Waals surface area contributed by atoms with E-state index in [-0.39, 0.29) is 0 Å².